The van der Waals surface area contributed by atoms with Crippen LogP contribution in [0.15, 0.2) is 36.7 Å². The monoisotopic (exact) mass is 269 g/mol. The molecule has 0 amide bonds. The van der Waals surface area contributed by atoms with Crippen molar-refractivity contribution in [3.8, 4) is 5.88 Å². The molecular formula is C13H17F2N3O. The normalized spacial score (nSPS) is 8.84. The van der Waals surface area contributed by atoms with E-state index in [9.17, 15) is 8.78 Å². The SMILES string of the molecule is C.COc1ncccc1CN.Fc1cccnc1F. The lowest BCUT2D eigenvalue weighted by Gasteiger charge is -2.02. The number of hydrogen-bond acceptors (Lipinski definition) is 4. The van der Waals surface area contributed by atoms with E-state index >= 15 is 0 Å². The second-order valence-corrected chi connectivity index (χ2v) is 3.15. The van der Waals surface area contributed by atoms with E-state index in [0.29, 0.717) is 12.4 Å². The second kappa shape index (κ2) is 8.93. The van der Waals surface area contributed by atoms with E-state index in [1.54, 1.807) is 13.3 Å². The number of rotatable bonds is 2. The molecule has 0 aromatic carbocycles. The number of aromatic nitrogens is 2. The molecule has 104 valence electrons. The molecule has 0 fully saturated rings. The van der Waals surface area contributed by atoms with Gasteiger partial charge in [0.05, 0.1) is 7.11 Å². The summed E-state index contributed by atoms with van der Waals surface area (Å²) < 4.78 is 28.7. The molecule has 2 aromatic heterocycles. The topological polar surface area (TPSA) is 61.0 Å². The lowest BCUT2D eigenvalue weighted by atomic mass is 10.3. The van der Waals surface area contributed by atoms with Gasteiger partial charge in [0.2, 0.25) is 11.8 Å². The van der Waals surface area contributed by atoms with Gasteiger partial charge in [-0.2, -0.15) is 4.39 Å². The van der Waals surface area contributed by atoms with Crippen molar-refractivity contribution in [2.45, 2.75) is 14.0 Å². The van der Waals surface area contributed by atoms with Crippen LogP contribution in [0.2, 0.25) is 0 Å². The molecule has 0 aliphatic heterocycles. The fourth-order valence-electron chi connectivity index (χ4n) is 1.13. The number of pyridine rings is 2. The van der Waals surface area contributed by atoms with Gasteiger partial charge in [-0.1, -0.05) is 13.5 Å². The predicted octanol–water partition coefficient (Wildman–Crippen LogP) is 2.54. The van der Waals surface area contributed by atoms with E-state index < -0.39 is 11.8 Å². The minimum absolute atomic E-state index is 0. The Kier molecular flexibility index (Phi) is 7.95. The molecule has 2 heterocycles. The molecule has 4 nitrogen and oxygen atoms in total. The van der Waals surface area contributed by atoms with Gasteiger partial charge in [-0.15, -0.1) is 0 Å². The Balaban J connectivity index is 0.000000331. The molecule has 0 spiro atoms. The lowest BCUT2D eigenvalue weighted by molar-refractivity contribution is 0.392. The first-order valence-corrected chi connectivity index (χ1v) is 5.13. The summed E-state index contributed by atoms with van der Waals surface area (Å²) in [5, 5.41) is 0. The van der Waals surface area contributed by atoms with Gasteiger partial charge in [0.1, 0.15) is 0 Å². The van der Waals surface area contributed by atoms with Crippen LogP contribution in [-0.2, 0) is 6.54 Å². The van der Waals surface area contributed by atoms with Crippen LogP contribution in [0.25, 0.3) is 0 Å². The summed E-state index contributed by atoms with van der Waals surface area (Å²) in [5.41, 5.74) is 6.34. The number of hydrogen-bond donors (Lipinski definition) is 1. The highest BCUT2D eigenvalue weighted by atomic mass is 19.2. The maximum absolute atomic E-state index is 11.9. The number of ether oxygens (including phenoxy) is 1. The van der Waals surface area contributed by atoms with Crippen molar-refractivity contribution in [3.05, 3.63) is 54.0 Å². The minimum Gasteiger partial charge on any atom is -0.481 e. The van der Waals surface area contributed by atoms with Crippen molar-refractivity contribution >= 4 is 0 Å². The number of nitrogens with two attached hydrogens (primary N) is 1. The fourth-order valence-corrected chi connectivity index (χ4v) is 1.13. The van der Waals surface area contributed by atoms with Crippen LogP contribution in [0.5, 0.6) is 5.88 Å². The maximum atomic E-state index is 11.9. The van der Waals surface area contributed by atoms with Gasteiger partial charge in [0.25, 0.3) is 0 Å². The van der Waals surface area contributed by atoms with Gasteiger partial charge < -0.3 is 10.5 Å². The van der Waals surface area contributed by atoms with Crippen molar-refractivity contribution < 1.29 is 13.5 Å². The third-order valence-electron chi connectivity index (χ3n) is 1.98. The highest BCUT2D eigenvalue weighted by Crippen LogP contribution is 2.11. The summed E-state index contributed by atoms with van der Waals surface area (Å²) in [6, 6.07) is 6.08. The van der Waals surface area contributed by atoms with Crippen molar-refractivity contribution in [3.63, 3.8) is 0 Å². The van der Waals surface area contributed by atoms with E-state index in [1.807, 2.05) is 12.1 Å². The predicted molar refractivity (Wildman–Crippen MR) is 69.6 cm³/mol. The summed E-state index contributed by atoms with van der Waals surface area (Å²) in [7, 11) is 1.58. The zero-order valence-electron chi connectivity index (χ0n) is 9.81. The van der Waals surface area contributed by atoms with Crippen LogP contribution in [0.3, 0.4) is 0 Å². The molecule has 2 rings (SSSR count). The first-order valence-electron chi connectivity index (χ1n) is 5.13. The molecule has 2 N–H and O–H groups in total. The van der Waals surface area contributed by atoms with Crippen LogP contribution in [0.4, 0.5) is 8.78 Å². The summed E-state index contributed by atoms with van der Waals surface area (Å²) in [4.78, 5) is 7.00. The number of nitrogens with zero attached hydrogens (tertiary/aromatic N) is 2. The molecule has 0 saturated carbocycles. The third kappa shape index (κ3) is 5.39. The Bertz CT molecular complexity index is 451. The van der Waals surface area contributed by atoms with Gasteiger partial charge in [-0.3, -0.25) is 0 Å². The van der Waals surface area contributed by atoms with E-state index in [1.165, 1.54) is 12.3 Å². The summed E-state index contributed by atoms with van der Waals surface area (Å²) >= 11 is 0. The summed E-state index contributed by atoms with van der Waals surface area (Å²) in [6.07, 6.45) is 2.87. The largest absolute Gasteiger partial charge is 0.481 e. The number of methoxy groups -OCH3 is 1. The third-order valence-corrected chi connectivity index (χ3v) is 1.98. The van der Waals surface area contributed by atoms with Gasteiger partial charge in [-0.25, -0.2) is 14.4 Å². The average Bonchev–Trinajstić information content (AvgIpc) is 2.42. The molecule has 6 heteroatoms. The van der Waals surface area contributed by atoms with Crippen LogP contribution < -0.4 is 10.5 Å². The zero-order valence-corrected chi connectivity index (χ0v) is 9.81. The molecular weight excluding hydrogens is 252 g/mol. The van der Waals surface area contributed by atoms with Crippen LogP contribution >= 0.6 is 0 Å². The van der Waals surface area contributed by atoms with Gasteiger partial charge in [0.15, 0.2) is 5.82 Å². The van der Waals surface area contributed by atoms with E-state index in [-0.39, 0.29) is 7.43 Å². The maximum Gasteiger partial charge on any atom is 0.248 e. The van der Waals surface area contributed by atoms with E-state index in [2.05, 4.69) is 9.97 Å². The molecule has 0 radical (unpaired) electrons. The molecule has 2 aromatic rings. The highest BCUT2D eigenvalue weighted by Gasteiger charge is 1.98. The smallest absolute Gasteiger partial charge is 0.248 e. The van der Waals surface area contributed by atoms with E-state index in [0.717, 1.165) is 11.6 Å². The Hall–Kier alpha value is -2.08. The molecule has 0 bridgehead atoms. The standard InChI is InChI=1S/C7H10N2O.C5H3F2N.CH4/c1-10-7-6(5-8)3-2-4-9-7;6-4-2-1-3-8-5(4)7;/h2-4H,5,8H2,1H3;1-3H;1H4. The van der Waals surface area contributed by atoms with Crippen LogP contribution in [0, 0.1) is 11.8 Å². The highest BCUT2D eigenvalue weighted by molar-refractivity contribution is 5.24. The van der Waals surface area contributed by atoms with Crippen molar-refractivity contribution in [1.82, 2.24) is 9.97 Å². The minimum atomic E-state index is -1.05. The first-order chi connectivity index (χ1) is 8.69. The Morgan fingerprint density at radius 1 is 1.16 bits per heavy atom. The molecule has 0 aliphatic rings. The van der Waals surface area contributed by atoms with Gasteiger partial charge >= 0.3 is 0 Å². The average molecular weight is 269 g/mol. The van der Waals surface area contributed by atoms with Gasteiger partial charge in [0, 0.05) is 24.5 Å². The quantitative estimate of drug-likeness (QED) is 0.851. The fraction of sp³-hybridized carbons (Fsp3) is 0.231. The molecule has 0 aliphatic carbocycles. The molecule has 0 saturated heterocycles. The van der Waals surface area contributed by atoms with Crippen LogP contribution in [-0.4, -0.2) is 17.1 Å². The Morgan fingerprint density at radius 2 is 1.79 bits per heavy atom. The Labute approximate surface area is 111 Å². The lowest BCUT2D eigenvalue weighted by Crippen LogP contribution is -2.00. The zero-order chi connectivity index (χ0) is 13.4. The van der Waals surface area contributed by atoms with Crippen LogP contribution in [0.1, 0.15) is 13.0 Å². The Morgan fingerprint density at radius 3 is 2.21 bits per heavy atom. The van der Waals surface area contributed by atoms with Crippen molar-refractivity contribution in [1.29, 1.82) is 0 Å². The van der Waals surface area contributed by atoms with Crippen molar-refractivity contribution in [2.24, 2.45) is 5.73 Å². The summed E-state index contributed by atoms with van der Waals surface area (Å²) in [6.45, 7) is 0.469. The van der Waals surface area contributed by atoms with Gasteiger partial charge in [-0.05, 0) is 18.2 Å². The molecule has 19 heavy (non-hydrogen) atoms. The van der Waals surface area contributed by atoms with Crippen molar-refractivity contribution in [2.75, 3.05) is 7.11 Å². The second-order valence-electron chi connectivity index (χ2n) is 3.15. The summed E-state index contributed by atoms with van der Waals surface area (Å²) in [5.74, 6) is -1.34. The molecule has 0 atom stereocenters. The first kappa shape index (κ1) is 16.9. The number of halogens is 2. The molecule has 0 unspecified atom stereocenters. The van der Waals surface area contributed by atoms with E-state index in [4.69, 9.17) is 10.5 Å².